The van der Waals surface area contributed by atoms with Gasteiger partial charge in [0.1, 0.15) is 11.9 Å². The summed E-state index contributed by atoms with van der Waals surface area (Å²) in [5, 5.41) is 14.4. The van der Waals surface area contributed by atoms with Gasteiger partial charge in [-0.1, -0.05) is 6.07 Å². The Bertz CT molecular complexity index is 528. The second kappa shape index (κ2) is 4.90. The highest BCUT2D eigenvalue weighted by Gasteiger charge is 2.14. The molecule has 0 bridgehead atoms. The number of nitrogens with zero attached hydrogens (tertiary/aromatic N) is 2. The molecule has 2 aromatic rings. The fraction of sp³-hybridized carbons (Fsp3) is 0.357. The summed E-state index contributed by atoms with van der Waals surface area (Å²) >= 11 is 0. The summed E-state index contributed by atoms with van der Waals surface area (Å²) < 4.78 is 15.1. The lowest BCUT2D eigenvalue weighted by atomic mass is 10.0. The van der Waals surface area contributed by atoms with Crippen molar-refractivity contribution >= 4 is 0 Å². The highest BCUT2D eigenvalue weighted by atomic mass is 19.1. The van der Waals surface area contributed by atoms with E-state index in [2.05, 4.69) is 5.10 Å². The van der Waals surface area contributed by atoms with E-state index in [1.807, 2.05) is 13.8 Å². The fourth-order valence-electron chi connectivity index (χ4n) is 1.89. The van der Waals surface area contributed by atoms with Crippen LogP contribution >= 0.6 is 0 Å². The van der Waals surface area contributed by atoms with Gasteiger partial charge in [0, 0.05) is 17.8 Å². The van der Waals surface area contributed by atoms with E-state index in [4.69, 9.17) is 0 Å². The Balaban J connectivity index is 2.31. The van der Waals surface area contributed by atoms with Crippen molar-refractivity contribution in [3.05, 3.63) is 53.1 Å². The van der Waals surface area contributed by atoms with Gasteiger partial charge >= 0.3 is 0 Å². The van der Waals surface area contributed by atoms with E-state index in [1.165, 1.54) is 12.1 Å². The molecule has 4 heteroatoms. The molecule has 18 heavy (non-hydrogen) atoms. The molecule has 1 aromatic carbocycles. The number of aromatic nitrogens is 2. The molecule has 0 amide bonds. The number of hydrogen-bond donors (Lipinski definition) is 1. The molecule has 0 radical (unpaired) electrons. The van der Waals surface area contributed by atoms with Gasteiger partial charge in [0.2, 0.25) is 0 Å². The molecule has 0 saturated carbocycles. The lowest BCUT2D eigenvalue weighted by Gasteiger charge is -2.10. The summed E-state index contributed by atoms with van der Waals surface area (Å²) in [7, 11) is 0. The molecule has 1 unspecified atom stereocenters. The highest BCUT2D eigenvalue weighted by molar-refractivity contribution is 5.31. The molecule has 0 fully saturated rings. The zero-order chi connectivity index (χ0) is 13.3. The van der Waals surface area contributed by atoms with Crippen LogP contribution in [0.5, 0.6) is 0 Å². The van der Waals surface area contributed by atoms with Crippen LogP contribution in [0.3, 0.4) is 0 Å². The van der Waals surface area contributed by atoms with Gasteiger partial charge in [-0.15, -0.1) is 0 Å². The van der Waals surface area contributed by atoms with Gasteiger partial charge < -0.3 is 5.11 Å². The number of aliphatic hydroxyl groups excluding tert-OH is 1. The van der Waals surface area contributed by atoms with Crippen LogP contribution in [0.4, 0.5) is 4.39 Å². The summed E-state index contributed by atoms with van der Waals surface area (Å²) in [6, 6.07) is 4.80. The number of aryl methyl sites for hydroxylation is 1. The summed E-state index contributed by atoms with van der Waals surface area (Å²) in [5.74, 6) is -0.333. The predicted octanol–water partition coefficient (Wildman–Crippen LogP) is 2.99. The Morgan fingerprint density at radius 1 is 1.22 bits per heavy atom. The van der Waals surface area contributed by atoms with Gasteiger partial charge in [-0.25, -0.2) is 4.39 Å². The Morgan fingerprint density at radius 3 is 2.50 bits per heavy atom. The fourth-order valence-corrected chi connectivity index (χ4v) is 1.89. The van der Waals surface area contributed by atoms with Crippen molar-refractivity contribution in [1.29, 1.82) is 0 Å². The molecule has 96 valence electrons. The molecule has 2 rings (SSSR count). The number of benzene rings is 1. The number of rotatable bonds is 3. The van der Waals surface area contributed by atoms with E-state index in [9.17, 15) is 9.50 Å². The van der Waals surface area contributed by atoms with Gasteiger partial charge in [0.25, 0.3) is 0 Å². The van der Waals surface area contributed by atoms with Crippen LogP contribution in [0.1, 0.15) is 42.7 Å². The third-order valence-electron chi connectivity index (χ3n) is 2.85. The second-order valence-electron chi connectivity index (χ2n) is 4.81. The van der Waals surface area contributed by atoms with Gasteiger partial charge in [0.15, 0.2) is 0 Å². The molecular formula is C14H17FN2O. The monoisotopic (exact) mass is 248 g/mol. The summed E-state index contributed by atoms with van der Waals surface area (Å²) in [5.41, 5.74) is 2.02. The van der Waals surface area contributed by atoms with Crippen LogP contribution in [-0.4, -0.2) is 14.9 Å². The largest absolute Gasteiger partial charge is 0.384 e. The molecule has 0 spiro atoms. The number of hydrogen-bond acceptors (Lipinski definition) is 2. The summed E-state index contributed by atoms with van der Waals surface area (Å²) in [4.78, 5) is 0. The van der Waals surface area contributed by atoms with Crippen molar-refractivity contribution < 1.29 is 9.50 Å². The van der Waals surface area contributed by atoms with Crippen LogP contribution in [-0.2, 0) is 0 Å². The Hall–Kier alpha value is -1.68. The molecular weight excluding hydrogens is 231 g/mol. The molecule has 0 aliphatic heterocycles. The molecule has 3 nitrogen and oxygen atoms in total. The van der Waals surface area contributed by atoms with Crippen LogP contribution in [0.2, 0.25) is 0 Å². The van der Waals surface area contributed by atoms with Crippen molar-refractivity contribution in [3.63, 3.8) is 0 Å². The van der Waals surface area contributed by atoms with E-state index >= 15 is 0 Å². The minimum absolute atomic E-state index is 0.236. The first-order chi connectivity index (χ1) is 8.47. The third-order valence-corrected chi connectivity index (χ3v) is 2.85. The maximum absolute atomic E-state index is 13.3. The standard InChI is InChI=1S/C14H17FN2O/c1-9(2)17-8-12(7-16-17)14(18)11-4-10(3)5-13(15)6-11/h4-9,14,18H,1-3H3. The molecule has 1 atom stereocenters. The van der Waals surface area contributed by atoms with Crippen molar-refractivity contribution in [2.75, 3.05) is 0 Å². The van der Waals surface area contributed by atoms with E-state index in [0.29, 0.717) is 11.1 Å². The van der Waals surface area contributed by atoms with Gasteiger partial charge in [-0.05, 0) is 44.0 Å². The van der Waals surface area contributed by atoms with Crippen molar-refractivity contribution in [2.24, 2.45) is 0 Å². The van der Waals surface area contributed by atoms with Gasteiger partial charge in [-0.3, -0.25) is 4.68 Å². The normalized spacial score (nSPS) is 13.0. The number of aliphatic hydroxyl groups is 1. The van der Waals surface area contributed by atoms with Gasteiger partial charge in [-0.2, -0.15) is 5.10 Å². The van der Waals surface area contributed by atoms with Crippen LogP contribution in [0.15, 0.2) is 30.6 Å². The smallest absolute Gasteiger partial charge is 0.123 e. The van der Waals surface area contributed by atoms with Crippen LogP contribution in [0, 0.1) is 12.7 Å². The molecule has 1 N–H and O–H groups in total. The SMILES string of the molecule is Cc1cc(F)cc(C(O)c2cnn(C(C)C)c2)c1. The Labute approximate surface area is 106 Å². The molecule has 0 aliphatic carbocycles. The molecule has 0 saturated heterocycles. The first-order valence-electron chi connectivity index (χ1n) is 5.96. The molecule has 1 heterocycles. The Morgan fingerprint density at radius 2 is 1.94 bits per heavy atom. The van der Waals surface area contributed by atoms with E-state index in [1.54, 1.807) is 30.1 Å². The van der Waals surface area contributed by atoms with Gasteiger partial charge in [0.05, 0.1) is 6.20 Å². The van der Waals surface area contributed by atoms with E-state index in [-0.39, 0.29) is 11.9 Å². The van der Waals surface area contributed by atoms with Crippen molar-refractivity contribution in [3.8, 4) is 0 Å². The second-order valence-corrected chi connectivity index (χ2v) is 4.81. The maximum atomic E-state index is 13.3. The maximum Gasteiger partial charge on any atom is 0.123 e. The highest BCUT2D eigenvalue weighted by Crippen LogP contribution is 2.23. The summed E-state index contributed by atoms with van der Waals surface area (Å²) in [6.45, 7) is 5.82. The van der Waals surface area contributed by atoms with Crippen LogP contribution in [0.25, 0.3) is 0 Å². The van der Waals surface area contributed by atoms with Crippen LogP contribution < -0.4 is 0 Å². The number of halogens is 1. The zero-order valence-corrected chi connectivity index (χ0v) is 10.8. The minimum Gasteiger partial charge on any atom is -0.384 e. The third kappa shape index (κ3) is 2.59. The molecule has 0 aliphatic rings. The predicted molar refractivity (Wildman–Crippen MR) is 67.8 cm³/mol. The first kappa shape index (κ1) is 12.8. The Kier molecular flexibility index (Phi) is 3.48. The average molecular weight is 248 g/mol. The average Bonchev–Trinajstić information content (AvgIpc) is 2.75. The van der Waals surface area contributed by atoms with E-state index in [0.717, 1.165) is 5.56 Å². The zero-order valence-electron chi connectivity index (χ0n) is 10.8. The molecule has 1 aromatic heterocycles. The quantitative estimate of drug-likeness (QED) is 0.906. The minimum atomic E-state index is -0.841. The van der Waals surface area contributed by atoms with E-state index < -0.39 is 6.10 Å². The summed E-state index contributed by atoms with van der Waals surface area (Å²) in [6.07, 6.45) is 2.56. The van der Waals surface area contributed by atoms with Crippen molar-refractivity contribution in [1.82, 2.24) is 9.78 Å². The van der Waals surface area contributed by atoms with Crippen molar-refractivity contribution in [2.45, 2.75) is 32.9 Å². The first-order valence-corrected chi connectivity index (χ1v) is 5.96. The topological polar surface area (TPSA) is 38.1 Å². The lowest BCUT2D eigenvalue weighted by molar-refractivity contribution is 0.219. The lowest BCUT2D eigenvalue weighted by Crippen LogP contribution is -2.02.